The summed E-state index contributed by atoms with van der Waals surface area (Å²) >= 11 is 5.90. The molecule has 3 heterocycles. The van der Waals surface area contributed by atoms with E-state index in [0.29, 0.717) is 6.04 Å². The lowest BCUT2D eigenvalue weighted by molar-refractivity contribution is 0.245. The van der Waals surface area contributed by atoms with Gasteiger partial charge in [-0.2, -0.15) is 0 Å². The van der Waals surface area contributed by atoms with E-state index < -0.39 is 0 Å². The molecular weight excluding hydrogens is 400 g/mol. The Morgan fingerprint density at radius 3 is 2.48 bits per heavy atom. The summed E-state index contributed by atoms with van der Waals surface area (Å²) in [4.78, 5) is 7.20. The van der Waals surface area contributed by atoms with E-state index in [4.69, 9.17) is 17.2 Å². The summed E-state index contributed by atoms with van der Waals surface area (Å²) in [5.74, 6) is 0. The van der Waals surface area contributed by atoms with Crippen LogP contribution in [0.15, 0.2) is 60.8 Å². The Labute approximate surface area is 190 Å². The van der Waals surface area contributed by atoms with Crippen LogP contribution in [0, 0.1) is 13.8 Å². The maximum absolute atomic E-state index is 5.90. The van der Waals surface area contributed by atoms with Crippen LogP contribution < -0.4 is 5.32 Å². The molecule has 1 aromatic carbocycles. The molecule has 0 spiro atoms. The summed E-state index contributed by atoms with van der Waals surface area (Å²) in [5.41, 5.74) is 6.36. The van der Waals surface area contributed by atoms with Crippen molar-refractivity contribution in [2.75, 3.05) is 0 Å². The lowest BCUT2D eigenvalue weighted by Gasteiger charge is -2.33. The van der Waals surface area contributed by atoms with Crippen molar-refractivity contribution in [3.63, 3.8) is 0 Å². The van der Waals surface area contributed by atoms with Gasteiger partial charge in [-0.3, -0.25) is 4.98 Å². The largest absolute Gasteiger partial charge is 0.352 e. The summed E-state index contributed by atoms with van der Waals surface area (Å²) in [7, 11) is 0. The fraction of sp³-hybridized carbons (Fsp3) is 0.385. The lowest BCUT2D eigenvalue weighted by atomic mass is 9.95. The molecule has 1 saturated carbocycles. The predicted octanol–water partition coefficient (Wildman–Crippen LogP) is 5.46. The number of aryl methyl sites for hydroxylation is 1. The van der Waals surface area contributed by atoms with Crippen LogP contribution in [0.5, 0.6) is 0 Å². The van der Waals surface area contributed by atoms with Crippen LogP contribution in [0.25, 0.3) is 0 Å². The number of rotatable bonds is 5. The van der Waals surface area contributed by atoms with Crippen molar-refractivity contribution in [2.24, 2.45) is 0 Å². The highest BCUT2D eigenvalue weighted by Gasteiger charge is 2.44. The fourth-order valence-electron chi connectivity index (χ4n) is 5.41. The Balaban J connectivity index is 1.57. The molecule has 2 atom stereocenters. The van der Waals surface area contributed by atoms with Crippen LogP contribution >= 0.6 is 12.2 Å². The lowest BCUT2D eigenvalue weighted by Crippen LogP contribution is -2.37. The minimum absolute atomic E-state index is 0.0694. The molecule has 1 aliphatic heterocycles. The number of hydrogen-bond donors (Lipinski definition) is 1. The van der Waals surface area contributed by atoms with E-state index >= 15 is 0 Å². The Morgan fingerprint density at radius 1 is 1.03 bits per heavy atom. The van der Waals surface area contributed by atoms with Crippen LogP contribution in [0.3, 0.4) is 0 Å². The number of hydrogen-bond acceptors (Lipinski definition) is 2. The zero-order valence-corrected chi connectivity index (χ0v) is 19.1. The molecular formula is C26H30N4S. The molecule has 2 fully saturated rings. The molecule has 2 aromatic heterocycles. The smallest absolute Gasteiger partial charge is 0.170 e. The predicted molar refractivity (Wildman–Crippen MR) is 129 cm³/mol. The molecule has 5 heteroatoms. The summed E-state index contributed by atoms with van der Waals surface area (Å²) < 4.78 is 2.44. The first kappa shape index (κ1) is 20.3. The SMILES string of the molecule is Cc1cc(C2C(c3ccccn3)NC(=S)N2C2CCCC2)c(C)n1Cc1ccccc1. The average Bonchev–Trinajstić information content (AvgIpc) is 3.50. The Morgan fingerprint density at radius 2 is 1.77 bits per heavy atom. The highest BCUT2D eigenvalue weighted by molar-refractivity contribution is 7.80. The van der Waals surface area contributed by atoms with E-state index in [1.807, 2.05) is 12.3 Å². The molecule has 0 bridgehead atoms. The molecule has 5 rings (SSSR count). The average molecular weight is 431 g/mol. The molecule has 1 aliphatic carbocycles. The normalized spacial score (nSPS) is 21.6. The summed E-state index contributed by atoms with van der Waals surface area (Å²) in [6.45, 7) is 5.37. The number of nitrogens with zero attached hydrogens (tertiary/aromatic N) is 3. The van der Waals surface area contributed by atoms with Gasteiger partial charge in [0.2, 0.25) is 0 Å². The van der Waals surface area contributed by atoms with Gasteiger partial charge in [-0.1, -0.05) is 49.2 Å². The molecule has 2 aliphatic rings. The van der Waals surface area contributed by atoms with Gasteiger partial charge in [0, 0.05) is 30.2 Å². The van der Waals surface area contributed by atoms with E-state index in [1.54, 1.807) is 0 Å². The van der Waals surface area contributed by atoms with Crippen LogP contribution in [-0.4, -0.2) is 25.6 Å². The van der Waals surface area contributed by atoms with Gasteiger partial charge < -0.3 is 14.8 Å². The second kappa shape index (κ2) is 8.46. The molecule has 160 valence electrons. The maximum Gasteiger partial charge on any atom is 0.170 e. The Kier molecular flexibility index (Phi) is 5.53. The number of thiocarbonyl (C=S) groups is 1. The van der Waals surface area contributed by atoms with Crippen molar-refractivity contribution < 1.29 is 0 Å². The van der Waals surface area contributed by atoms with Crippen LogP contribution in [-0.2, 0) is 6.54 Å². The van der Waals surface area contributed by atoms with Gasteiger partial charge in [0.05, 0.1) is 17.8 Å². The molecule has 0 radical (unpaired) electrons. The van der Waals surface area contributed by atoms with E-state index in [2.05, 4.69) is 77.2 Å². The zero-order valence-electron chi connectivity index (χ0n) is 18.3. The van der Waals surface area contributed by atoms with Gasteiger partial charge in [0.1, 0.15) is 0 Å². The molecule has 2 unspecified atom stereocenters. The van der Waals surface area contributed by atoms with E-state index in [0.717, 1.165) is 17.4 Å². The summed E-state index contributed by atoms with van der Waals surface area (Å²) in [6.07, 6.45) is 6.90. The van der Waals surface area contributed by atoms with Gasteiger partial charge in [0.15, 0.2) is 5.11 Å². The summed E-state index contributed by atoms with van der Waals surface area (Å²) in [6, 6.07) is 20.0. The third-order valence-electron chi connectivity index (χ3n) is 6.97. The van der Waals surface area contributed by atoms with Gasteiger partial charge in [-0.05, 0) is 68.2 Å². The highest BCUT2D eigenvalue weighted by atomic mass is 32.1. The molecule has 4 nitrogen and oxygen atoms in total. The number of benzene rings is 1. The highest BCUT2D eigenvalue weighted by Crippen LogP contribution is 2.44. The van der Waals surface area contributed by atoms with Crippen molar-refractivity contribution >= 4 is 17.3 Å². The minimum Gasteiger partial charge on any atom is -0.352 e. The molecule has 0 amide bonds. The Hall–Kier alpha value is -2.66. The second-order valence-electron chi connectivity index (χ2n) is 8.87. The van der Waals surface area contributed by atoms with Crippen molar-refractivity contribution in [1.82, 2.24) is 19.8 Å². The Bertz CT molecular complexity index is 1050. The van der Waals surface area contributed by atoms with Gasteiger partial charge in [-0.15, -0.1) is 0 Å². The first-order valence-corrected chi connectivity index (χ1v) is 11.7. The monoisotopic (exact) mass is 430 g/mol. The standard InChI is InChI=1S/C26H30N4S/c1-18-16-22(19(2)29(18)17-20-10-4-3-5-11-20)25-24(23-14-8-9-15-27-23)28-26(31)30(25)21-12-6-7-13-21/h3-5,8-11,14-16,21,24-25H,6-7,12-13,17H2,1-2H3,(H,28,31). The van der Waals surface area contributed by atoms with Gasteiger partial charge in [0.25, 0.3) is 0 Å². The molecule has 3 aromatic rings. The maximum atomic E-state index is 5.90. The minimum atomic E-state index is 0.0694. The van der Waals surface area contributed by atoms with E-state index in [9.17, 15) is 0 Å². The summed E-state index contributed by atoms with van der Waals surface area (Å²) in [5, 5.41) is 4.51. The zero-order chi connectivity index (χ0) is 21.4. The van der Waals surface area contributed by atoms with Crippen LogP contribution in [0.1, 0.15) is 66.0 Å². The third-order valence-corrected chi connectivity index (χ3v) is 7.30. The van der Waals surface area contributed by atoms with Crippen LogP contribution in [0.4, 0.5) is 0 Å². The first-order valence-electron chi connectivity index (χ1n) is 11.3. The topological polar surface area (TPSA) is 33.1 Å². The second-order valence-corrected chi connectivity index (χ2v) is 9.26. The number of nitrogens with one attached hydrogen (secondary N) is 1. The van der Waals surface area contributed by atoms with Crippen LogP contribution in [0.2, 0.25) is 0 Å². The van der Waals surface area contributed by atoms with Gasteiger partial charge in [-0.25, -0.2) is 0 Å². The van der Waals surface area contributed by atoms with Gasteiger partial charge >= 0.3 is 0 Å². The van der Waals surface area contributed by atoms with Crippen molar-refractivity contribution in [1.29, 1.82) is 0 Å². The molecule has 1 saturated heterocycles. The molecule has 1 N–H and O–H groups in total. The van der Waals surface area contributed by atoms with Crippen molar-refractivity contribution in [2.45, 2.75) is 64.2 Å². The van der Waals surface area contributed by atoms with Crippen molar-refractivity contribution in [3.8, 4) is 0 Å². The third kappa shape index (κ3) is 3.76. The molecule has 31 heavy (non-hydrogen) atoms. The van der Waals surface area contributed by atoms with E-state index in [1.165, 1.54) is 48.2 Å². The fourth-order valence-corrected chi connectivity index (χ4v) is 5.80. The van der Waals surface area contributed by atoms with E-state index in [-0.39, 0.29) is 12.1 Å². The van der Waals surface area contributed by atoms with Crippen molar-refractivity contribution in [3.05, 3.63) is 89.0 Å². The number of pyridine rings is 1. The first-order chi connectivity index (χ1) is 15.1. The number of aromatic nitrogens is 2. The quantitative estimate of drug-likeness (QED) is 0.545.